The number of rotatable bonds is 7. The average Bonchev–Trinajstić information content (AvgIpc) is 2.36. The zero-order valence-corrected chi connectivity index (χ0v) is 14.1. The molecule has 0 atom stereocenters. The molecule has 0 radical (unpaired) electrons. The molecule has 19 heavy (non-hydrogen) atoms. The molecule has 1 aliphatic carbocycles. The minimum atomic E-state index is 0.878. The molecule has 2 heteroatoms. The number of hydrogen-bond acceptors (Lipinski definition) is 2. The van der Waals surface area contributed by atoms with Crippen LogP contribution in [0.5, 0.6) is 0 Å². The molecule has 1 nitrogen and oxygen atoms in total. The maximum atomic E-state index is 2.68. The van der Waals surface area contributed by atoms with Crippen LogP contribution in [-0.2, 0) is 0 Å². The summed E-state index contributed by atoms with van der Waals surface area (Å²) in [7, 11) is 0. The number of likely N-dealkylation sites (tertiary alicyclic amines) is 1. The van der Waals surface area contributed by atoms with E-state index in [1.807, 2.05) is 0 Å². The van der Waals surface area contributed by atoms with Gasteiger partial charge in [-0.2, -0.15) is 11.8 Å². The topological polar surface area (TPSA) is 3.24 Å². The van der Waals surface area contributed by atoms with E-state index in [4.69, 9.17) is 0 Å². The molecule has 2 fully saturated rings. The molecule has 2 rings (SSSR count). The highest BCUT2D eigenvalue weighted by molar-refractivity contribution is 7.99. The summed E-state index contributed by atoms with van der Waals surface area (Å²) in [6.45, 7) is 8.84. The van der Waals surface area contributed by atoms with E-state index < -0.39 is 0 Å². The Kier molecular flexibility index (Phi) is 6.55. The molecular formula is C17H33NS. The van der Waals surface area contributed by atoms with Crippen LogP contribution < -0.4 is 0 Å². The Morgan fingerprint density at radius 1 is 1.05 bits per heavy atom. The van der Waals surface area contributed by atoms with Crippen LogP contribution >= 0.6 is 11.8 Å². The van der Waals surface area contributed by atoms with Crippen LogP contribution in [0.3, 0.4) is 0 Å². The highest BCUT2D eigenvalue weighted by Crippen LogP contribution is 2.35. The van der Waals surface area contributed by atoms with Gasteiger partial charge in [0.05, 0.1) is 0 Å². The second-order valence-corrected chi connectivity index (χ2v) is 8.41. The predicted molar refractivity (Wildman–Crippen MR) is 87.9 cm³/mol. The fourth-order valence-corrected chi connectivity index (χ4v) is 4.55. The summed E-state index contributed by atoms with van der Waals surface area (Å²) in [6, 6.07) is 0. The Labute approximate surface area is 124 Å². The van der Waals surface area contributed by atoms with Crippen molar-refractivity contribution < 1.29 is 0 Å². The molecule has 0 aromatic rings. The highest BCUT2D eigenvalue weighted by Gasteiger charge is 2.30. The van der Waals surface area contributed by atoms with E-state index in [0.29, 0.717) is 0 Å². The van der Waals surface area contributed by atoms with Crippen molar-refractivity contribution in [1.29, 1.82) is 0 Å². The first kappa shape index (κ1) is 15.7. The first-order valence-electron chi connectivity index (χ1n) is 8.42. The fourth-order valence-electron chi connectivity index (χ4n) is 3.81. The van der Waals surface area contributed by atoms with Gasteiger partial charge in [0.25, 0.3) is 0 Å². The molecule has 0 bridgehead atoms. The molecule has 112 valence electrons. The van der Waals surface area contributed by atoms with Crippen molar-refractivity contribution in [2.75, 3.05) is 25.9 Å². The summed E-state index contributed by atoms with van der Waals surface area (Å²) in [6.07, 6.45) is 12.6. The van der Waals surface area contributed by atoms with Gasteiger partial charge in [-0.15, -0.1) is 0 Å². The molecule has 2 aliphatic rings. The third-order valence-electron chi connectivity index (χ3n) is 5.08. The molecule has 1 heterocycles. The Hall–Kier alpha value is 0.310. The molecule has 0 spiro atoms. The molecule has 1 saturated heterocycles. The van der Waals surface area contributed by atoms with Gasteiger partial charge in [0, 0.05) is 18.3 Å². The van der Waals surface area contributed by atoms with Gasteiger partial charge < -0.3 is 4.90 Å². The molecule has 0 aromatic heterocycles. The van der Waals surface area contributed by atoms with E-state index >= 15 is 0 Å². The van der Waals surface area contributed by atoms with Crippen LogP contribution in [-0.4, -0.2) is 36.0 Å². The molecule has 0 N–H and O–H groups in total. The van der Waals surface area contributed by atoms with E-state index in [0.717, 1.165) is 23.0 Å². The van der Waals surface area contributed by atoms with E-state index in [2.05, 4.69) is 36.8 Å². The molecule has 0 unspecified atom stereocenters. The maximum Gasteiger partial charge on any atom is 0.00444 e. The SMILES string of the molecule is CSC1CCC(CC2CN(CCCC(C)C)C2)CC1. The van der Waals surface area contributed by atoms with Crippen LogP contribution in [0.1, 0.15) is 58.8 Å². The Bertz CT molecular complexity index is 240. The van der Waals surface area contributed by atoms with Crippen molar-refractivity contribution in [3.05, 3.63) is 0 Å². The van der Waals surface area contributed by atoms with Crippen molar-refractivity contribution >= 4 is 11.8 Å². The third kappa shape index (κ3) is 5.30. The Morgan fingerprint density at radius 3 is 2.32 bits per heavy atom. The largest absolute Gasteiger partial charge is 0.303 e. The van der Waals surface area contributed by atoms with Crippen molar-refractivity contribution in [3.63, 3.8) is 0 Å². The van der Waals surface area contributed by atoms with Gasteiger partial charge in [0.2, 0.25) is 0 Å². The summed E-state index contributed by atoms with van der Waals surface area (Å²) in [5.41, 5.74) is 0. The summed E-state index contributed by atoms with van der Waals surface area (Å²) in [5, 5.41) is 0.977. The quantitative estimate of drug-likeness (QED) is 0.668. The zero-order valence-electron chi connectivity index (χ0n) is 13.2. The molecule has 1 aliphatic heterocycles. The molecular weight excluding hydrogens is 250 g/mol. The number of nitrogens with zero attached hydrogens (tertiary/aromatic N) is 1. The summed E-state index contributed by atoms with van der Waals surface area (Å²) >= 11 is 2.09. The summed E-state index contributed by atoms with van der Waals surface area (Å²) in [5.74, 6) is 2.98. The third-order valence-corrected chi connectivity index (χ3v) is 6.22. The zero-order chi connectivity index (χ0) is 13.7. The molecule has 1 saturated carbocycles. The number of hydrogen-bond donors (Lipinski definition) is 0. The van der Waals surface area contributed by atoms with Gasteiger partial charge in [-0.3, -0.25) is 0 Å². The van der Waals surface area contributed by atoms with Gasteiger partial charge >= 0.3 is 0 Å². The minimum absolute atomic E-state index is 0.878. The first-order chi connectivity index (χ1) is 9.17. The van der Waals surface area contributed by atoms with Crippen LogP contribution in [0.4, 0.5) is 0 Å². The lowest BCUT2D eigenvalue weighted by atomic mass is 9.80. The first-order valence-corrected chi connectivity index (χ1v) is 9.71. The van der Waals surface area contributed by atoms with Gasteiger partial charge in [0.1, 0.15) is 0 Å². The summed E-state index contributed by atoms with van der Waals surface area (Å²) < 4.78 is 0. The maximum absolute atomic E-state index is 2.68. The van der Waals surface area contributed by atoms with Crippen LogP contribution in [0.2, 0.25) is 0 Å². The number of thioether (sulfide) groups is 1. The standard InChI is InChI=1S/C17H33NS/c1-14(2)5-4-10-18-12-16(13-18)11-15-6-8-17(19-3)9-7-15/h14-17H,4-13H2,1-3H3. The second kappa shape index (κ2) is 7.93. The fraction of sp³-hybridized carbons (Fsp3) is 1.00. The smallest absolute Gasteiger partial charge is 0.00444 e. The lowest BCUT2D eigenvalue weighted by molar-refractivity contribution is 0.0737. The monoisotopic (exact) mass is 283 g/mol. The predicted octanol–water partition coefficient (Wildman–Crippen LogP) is 4.67. The second-order valence-electron chi connectivity index (χ2n) is 7.28. The highest BCUT2D eigenvalue weighted by atomic mass is 32.2. The van der Waals surface area contributed by atoms with E-state index in [1.165, 1.54) is 64.6 Å². The van der Waals surface area contributed by atoms with E-state index in [1.54, 1.807) is 0 Å². The minimum Gasteiger partial charge on any atom is -0.303 e. The Balaban J connectivity index is 1.51. The van der Waals surface area contributed by atoms with Crippen LogP contribution in [0, 0.1) is 17.8 Å². The van der Waals surface area contributed by atoms with Crippen molar-refractivity contribution in [2.45, 2.75) is 64.0 Å². The van der Waals surface area contributed by atoms with Crippen molar-refractivity contribution in [1.82, 2.24) is 4.90 Å². The van der Waals surface area contributed by atoms with Crippen LogP contribution in [0.15, 0.2) is 0 Å². The average molecular weight is 284 g/mol. The van der Waals surface area contributed by atoms with Gasteiger partial charge in [-0.1, -0.05) is 13.8 Å². The van der Waals surface area contributed by atoms with Gasteiger partial charge in [-0.25, -0.2) is 0 Å². The van der Waals surface area contributed by atoms with Crippen molar-refractivity contribution in [3.8, 4) is 0 Å². The lowest BCUT2D eigenvalue weighted by Gasteiger charge is -2.42. The van der Waals surface area contributed by atoms with Crippen LogP contribution in [0.25, 0.3) is 0 Å². The van der Waals surface area contributed by atoms with Crippen molar-refractivity contribution in [2.24, 2.45) is 17.8 Å². The summed E-state index contributed by atoms with van der Waals surface area (Å²) in [4.78, 5) is 2.68. The lowest BCUT2D eigenvalue weighted by Crippen LogP contribution is -2.47. The van der Waals surface area contributed by atoms with Gasteiger partial charge in [-0.05, 0) is 75.5 Å². The van der Waals surface area contributed by atoms with E-state index in [-0.39, 0.29) is 0 Å². The van der Waals surface area contributed by atoms with Gasteiger partial charge in [0.15, 0.2) is 0 Å². The Morgan fingerprint density at radius 2 is 1.74 bits per heavy atom. The van der Waals surface area contributed by atoms with E-state index in [9.17, 15) is 0 Å². The molecule has 0 aromatic carbocycles. The molecule has 0 amide bonds. The normalized spacial score (nSPS) is 29.7.